The van der Waals surface area contributed by atoms with Crippen molar-refractivity contribution >= 4 is 15.9 Å². The Kier molecular flexibility index (Phi) is 7.06. The third-order valence-electron chi connectivity index (χ3n) is 3.36. The number of hydrogen-bond donors (Lipinski definition) is 1. The molecule has 0 fully saturated rings. The van der Waals surface area contributed by atoms with Gasteiger partial charge in [0.15, 0.2) is 0 Å². The fraction of sp³-hybridized carbons (Fsp3) is 0.600. The number of likely N-dealkylation sites (N-methyl/N-ethyl adjacent to an activating group) is 1. The monoisotopic (exact) mass is 349 g/mol. The molecule has 0 aromatic heterocycles. The van der Waals surface area contributed by atoms with Crippen molar-refractivity contribution in [2.75, 3.05) is 13.7 Å². The van der Waals surface area contributed by atoms with Crippen molar-refractivity contribution < 1.29 is 13.5 Å². The number of benzene rings is 1. The summed E-state index contributed by atoms with van der Waals surface area (Å²) in [4.78, 5) is 0. The topological polar surface area (TPSA) is 21.3 Å². The predicted molar refractivity (Wildman–Crippen MR) is 80.9 cm³/mol. The van der Waals surface area contributed by atoms with Crippen LogP contribution in [-0.2, 0) is 11.2 Å². The molecule has 114 valence electrons. The van der Waals surface area contributed by atoms with Crippen LogP contribution in [0.4, 0.5) is 8.78 Å². The highest BCUT2D eigenvalue weighted by Crippen LogP contribution is 2.24. The summed E-state index contributed by atoms with van der Waals surface area (Å²) in [5, 5.41) is 3.26. The molecular weight excluding hydrogens is 328 g/mol. The number of hydrogen-bond acceptors (Lipinski definition) is 2. The molecule has 0 saturated heterocycles. The zero-order valence-corrected chi connectivity index (χ0v) is 13.9. The average Bonchev–Trinajstić information content (AvgIpc) is 2.39. The Labute approximate surface area is 128 Å². The van der Waals surface area contributed by atoms with Crippen molar-refractivity contribution in [1.82, 2.24) is 5.32 Å². The summed E-state index contributed by atoms with van der Waals surface area (Å²) in [6, 6.07) is 2.53. The molecule has 0 aliphatic carbocycles. The molecule has 2 nitrogen and oxygen atoms in total. The first-order chi connectivity index (χ1) is 9.42. The highest BCUT2D eigenvalue weighted by Gasteiger charge is 2.26. The SMILES string of the molecule is CCNC(Cc1c(F)ccc(Br)c1F)C(OC)C(C)C. The summed E-state index contributed by atoms with van der Waals surface area (Å²) >= 11 is 3.10. The molecule has 1 rings (SSSR count). The van der Waals surface area contributed by atoms with Gasteiger partial charge in [0.25, 0.3) is 0 Å². The van der Waals surface area contributed by atoms with Gasteiger partial charge in [-0.25, -0.2) is 8.78 Å². The van der Waals surface area contributed by atoms with Crippen LogP contribution >= 0.6 is 15.9 Å². The predicted octanol–water partition coefficient (Wildman–Crippen LogP) is 3.92. The van der Waals surface area contributed by atoms with E-state index in [9.17, 15) is 8.78 Å². The van der Waals surface area contributed by atoms with E-state index in [0.717, 1.165) is 0 Å². The Bertz CT molecular complexity index is 440. The third-order valence-corrected chi connectivity index (χ3v) is 3.97. The number of ether oxygens (including phenoxy) is 1. The van der Waals surface area contributed by atoms with Crippen LogP contribution in [0.1, 0.15) is 26.3 Å². The van der Waals surface area contributed by atoms with Gasteiger partial charge in [-0.15, -0.1) is 0 Å². The van der Waals surface area contributed by atoms with E-state index in [4.69, 9.17) is 4.74 Å². The fourth-order valence-electron chi connectivity index (χ4n) is 2.44. The lowest BCUT2D eigenvalue weighted by atomic mass is 9.93. The Morgan fingerprint density at radius 2 is 1.95 bits per heavy atom. The molecule has 0 bridgehead atoms. The lowest BCUT2D eigenvalue weighted by molar-refractivity contribution is 0.0332. The van der Waals surface area contributed by atoms with Crippen LogP contribution in [-0.4, -0.2) is 25.8 Å². The summed E-state index contributed by atoms with van der Waals surface area (Å²) < 4.78 is 33.7. The molecule has 1 N–H and O–H groups in total. The van der Waals surface area contributed by atoms with Gasteiger partial charge < -0.3 is 10.1 Å². The second-order valence-corrected chi connectivity index (χ2v) is 5.99. The molecule has 1 aromatic rings. The Morgan fingerprint density at radius 1 is 1.30 bits per heavy atom. The highest BCUT2D eigenvalue weighted by atomic mass is 79.9. The first-order valence-electron chi connectivity index (χ1n) is 6.80. The minimum atomic E-state index is -0.536. The summed E-state index contributed by atoms with van der Waals surface area (Å²) in [7, 11) is 1.63. The lowest BCUT2D eigenvalue weighted by Crippen LogP contribution is -2.45. The minimum absolute atomic E-state index is 0.0908. The minimum Gasteiger partial charge on any atom is -0.380 e. The maximum absolute atomic E-state index is 14.1. The van der Waals surface area contributed by atoms with E-state index in [-0.39, 0.29) is 34.5 Å². The van der Waals surface area contributed by atoms with Crippen LogP contribution < -0.4 is 5.32 Å². The normalized spacial score (nSPS) is 14.6. The Hall–Kier alpha value is -0.520. The van der Waals surface area contributed by atoms with Crippen molar-refractivity contribution in [3.05, 3.63) is 33.8 Å². The lowest BCUT2D eigenvalue weighted by Gasteiger charge is -2.30. The van der Waals surface area contributed by atoms with Crippen molar-refractivity contribution in [2.24, 2.45) is 5.92 Å². The first kappa shape index (κ1) is 17.5. The van der Waals surface area contributed by atoms with Gasteiger partial charge >= 0.3 is 0 Å². The van der Waals surface area contributed by atoms with Crippen LogP contribution in [0.25, 0.3) is 0 Å². The smallest absolute Gasteiger partial charge is 0.143 e. The molecule has 0 radical (unpaired) electrons. The van der Waals surface area contributed by atoms with E-state index in [1.54, 1.807) is 7.11 Å². The fourth-order valence-corrected chi connectivity index (χ4v) is 2.82. The van der Waals surface area contributed by atoms with Gasteiger partial charge in [-0.2, -0.15) is 0 Å². The third kappa shape index (κ3) is 4.24. The van der Waals surface area contributed by atoms with E-state index in [2.05, 4.69) is 21.2 Å². The second kappa shape index (κ2) is 8.05. The first-order valence-corrected chi connectivity index (χ1v) is 7.60. The molecule has 0 aliphatic rings. The summed E-state index contributed by atoms with van der Waals surface area (Å²) in [5.41, 5.74) is 0.0908. The Balaban J connectivity index is 3.04. The summed E-state index contributed by atoms with van der Waals surface area (Å²) in [5.74, 6) is -0.805. The molecule has 2 atom stereocenters. The van der Waals surface area contributed by atoms with Gasteiger partial charge in [0, 0.05) is 18.7 Å². The van der Waals surface area contributed by atoms with Crippen LogP contribution in [0.2, 0.25) is 0 Å². The van der Waals surface area contributed by atoms with Crippen LogP contribution in [0.15, 0.2) is 16.6 Å². The van der Waals surface area contributed by atoms with Crippen molar-refractivity contribution in [1.29, 1.82) is 0 Å². The van der Waals surface area contributed by atoms with Crippen LogP contribution in [0, 0.1) is 17.6 Å². The van der Waals surface area contributed by atoms with Gasteiger partial charge in [0.05, 0.1) is 10.6 Å². The molecular formula is C15H22BrF2NO. The number of halogens is 3. The standard InChI is InChI=1S/C15H22BrF2NO/c1-5-19-13(15(20-4)9(2)3)8-10-12(17)7-6-11(16)14(10)18/h6-7,9,13,15,19H,5,8H2,1-4H3. The van der Waals surface area contributed by atoms with Gasteiger partial charge in [-0.1, -0.05) is 20.8 Å². The van der Waals surface area contributed by atoms with Gasteiger partial charge in [-0.3, -0.25) is 0 Å². The Morgan fingerprint density at radius 3 is 2.45 bits per heavy atom. The molecule has 0 spiro atoms. The summed E-state index contributed by atoms with van der Waals surface area (Å²) in [6.07, 6.45) is 0.148. The maximum atomic E-state index is 14.1. The maximum Gasteiger partial charge on any atom is 0.143 e. The van der Waals surface area contributed by atoms with Crippen LogP contribution in [0.5, 0.6) is 0 Å². The zero-order chi connectivity index (χ0) is 15.3. The second-order valence-electron chi connectivity index (χ2n) is 5.13. The molecule has 0 amide bonds. The van der Waals surface area contributed by atoms with E-state index in [0.29, 0.717) is 6.54 Å². The van der Waals surface area contributed by atoms with Gasteiger partial charge in [-0.05, 0) is 46.9 Å². The summed E-state index contributed by atoms with van der Waals surface area (Å²) in [6.45, 7) is 6.75. The largest absolute Gasteiger partial charge is 0.380 e. The molecule has 1 aromatic carbocycles. The molecule has 0 heterocycles. The quantitative estimate of drug-likeness (QED) is 0.753. The van der Waals surface area contributed by atoms with E-state index in [1.807, 2.05) is 20.8 Å². The average molecular weight is 350 g/mol. The number of methoxy groups -OCH3 is 1. The van der Waals surface area contributed by atoms with Crippen molar-refractivity contribution in [3.8, 4) is 0 Å². The molecule has 0 saturated carbocycles. The van der Waals surface area contributed by atoms with Crippen LogP contribution in [0.3, 0.4) is 0 Å². The number of rotatable bonds is 7. The van der Waals surface area contributed by atoms with Gasteiger partial charge in [0.1, 0.15) is 11.6 Å². The van der Waals surface area contributed by atoms with E-state index in [1.165, 1.54) is 12.1 Å². The highest BCUT2D eigenvalue weighted by molar-refractivity contribution is 9.10. The molecule has 2 unspecified atom stereocenters. The van der Waals surface area contributed by atoms with E-state index < -0.39 is 11.6 Å². The molecule has 0 aliphatic heterocycles. The van der Waals surface area contributed by atoms with Crippen molar-refractivity contribution in [3.63, 3.8) is 0 Å². The van der Waals surface area contributed by atoms with E-state index >= 15 is 0 Å². The van der Waals surface area contributed by atoms with Crippen molar-refractivity contribution in [2.45, 2.75) is 39.3 Å². The van der Waals surface area contributed by atoms with Gasteiger partial charge in [0.2, 0.25) is 0 Å². The number of nitrogens with one attached hydrogen (secondary N) is 1. The molecule has 5 heteroatoms. The zero-order valence-electron chi connectivity index (χ0n) is 12.3. The molecule has 20 heavy (non-hydrogen) atoms.